The van der Waals surface area contributed by atoms with Crippen LogP contribution in [0.25, 0.3) is 0 Å². The van der Waals surface area contributed by atoms with E-state index in [4.69, 9.17) is 9.47 Å². The van der Waals surface area contributed by atoms with Crippen LogP contribution in [0.15, 0.2) is 42.5 Å². The number of benzene rings is 2. The summed E-state index contributed by atoms with van der Waals surface area (Å²) >= 11 is 0. The Kier molecular flexibility index (Phi) is 5.94. The maximum Gasteiger partial charge on any atom is 0.416 e. The lowest BCUT2D eigenvalue weighted by atomic mass is 9.68. The molecule has 2 aromatic rings. The molecular weight excluding hydrogens is 468 g/mol. The third-order valence-electron chi connectivity index (χ3n) is 6.98. The van der Waals surface area contributed by atoms with Crippen LogP contribution in [-0.2, 0) is 33.5 Å². The number of halogens is 4. The summed E-state index contributed by atoms with van der Waals surface area (Å²) in [7, 11) is 0. The normalized spacial score (nSPS) is 24.1. The molecule has 2 heterocycles. The van der Waals surface area contributed by atoms with Gasteiger partial charge >= 0.3 is 12.3 Å². The minimum atomic E-state index is -4.59. The lowest BCUT2D eigenvalue weighted by molar-refractivity contribution is -0.155. The molecule has 1 aliphatic carbocycles. The number of hydrogen-bond acceptors (Lipinski definition) is 4. The second-order valence-electron chi connectivity index (χ2n) is 9.51. The number of carbonyl (C=O) groups is 2. The van der Waals surface area contributed by atoms with Crippen molar-refractivity contribution in [3.05, 3.63) is 70.5 Å². The molecule has 1 spiro atoms. The quantitative estimate of drug-likeness (QED) is 0.618. The number of cyclic esters (lactones) is 1. The fourth-order valence-corrected chi connectivity index (χ4v) is 4.90. The van der Waals surface area contributed by atoms with Crippen molar-refractivity contribution in [2.24, 2.45) is 5.92 Å². The molecule has 3 aliphatic rings. The van der Waals surface area contributed by atoms with Crippen LogP contribution < -0.4 is 5.32 Å². The van der Waals surface area contributed by atoms with Gasteiger partial charge in [-0.05, 0) is 41.7 Å². The molecule has 3 fully saturated rings. The molecule has 5 rings (SSSR count). The van der Waals surface area contributed by atoms with Crippen LogP contribution in [0.5, 0.6) is 0 Å². The van der Waals surface area contributed by atoms with Gasteiger partial charge < -0.3 is 19.7 Å². The SMILES string of the molecule is O=C1NC2(CO1)CC(C(=O)N1CC(OCc3ccccc3Cc3ccc(C(F)(F)F)cc3F)C1)C2. The average molecular weight is 492 g/mol. The Hall–Kier alpha value is -3.14. The van der Waals surface area contributed by atoms with Gasteiger partial charge in [-0.15, -0.1) is 0 Å². The average Bonchev–Trinajstić information content (AvgIpc) is 3.15. The van der Waals surface area contributed by atoms with Crippen LogP contribution >= 0.6 is 0 Å². The first-order chi connectivity index (χ1) is 16.6. The van der Waals surface area contributed by atoms with Gasteiger partial charge in [-0.1, -0.05) is 30.3 Å². The van der Waals surface area contributed by atoms with Crippen molar-refractivity contribution in [2.45, 2.75) is 43.7 Å². The standard InChI is InChI=1S/C25H24F4N2O4/c26-21-8-19(25(27,28)29)6-5-16(21)7-15-3-1-2-4-17(15)13-34-20-11-31(12-20)22(32)18-9-24(10-18)14-35-23(33)30-24/h1-6,8,18,20H,7,9-14H2,(H,30,33). The Morgan fingerprint density at radius 1 is 1.11 bits per heavy atom. The monoisotopic (exact) mass is 492 g/mol. The zero-order valence-electron chi connectivity index (χ0n) is 18.7. The lowest BCUT2D eigenvalue weighted by Gasteiger charge is -2.47. The molecular formula is C25H24F4N2O4. The summed E-state index contributed by atoms with van der Waals surface area (Å²) in [6.07, 6.45) is -3.86. The first kappa shape index (κ1) is 23.6. The van der Waals surface area contributed by atoms with Crippen molar-refractivity contribution in [1.82, 2.24) is 10.2 Å². The Morgan fingerprint density at radius 3 is 2.46 bits per heavy atom. The molecule has 1 saturated carbocycles. The molecule has 35 heavy (non-hydrogen) atoms. The highest BCUT2D eigenvalue weighted by atomic mass is 19.4. The van der Waals surface area contributed by atoms with E-state index in [0.29, 0.717) is 38.6 Å². The number of nitrogens with one attached hydrogen (secondary N) is 1. The molecule has 1 N–H and O–H groups in total. The molecule has 0 atom stereocenters. The first-order valence-electron chi connectivity index (χ1n) is 11.4. The van der Waals surface area contributed by atoms with E-state index in [1.165, 1.54) is 6.07 Å². The third kappa shape index (κ3) is 4.84. The van der Waals surface area contributed by atoms with Crippen molar-refractivity contribution in [3.8, 4) is 0 Å². The Labute approximate surface area is 199 Å². The number of alkyl carbamates (subject to hydrolysis) is 1. The van der Waals surface area contributed by atoms with Gasteiger partial charge in [0.05, 0.1) is 23.8 Å². The van der Waals surface area contributed by atoms with E-state index in [1.54, 1.807) is 17.0 Å². The summed E-state index contributed by atoms with van der Waals surface area (Å²) in [5.74, 6) is -0.975. The summed E-state index contributed by atoms with van der Waals surface area (Å²) in [4.78, 5) is 25.6. The smallest absolute Gasteiger partial charge is 0.416 e. The van der Waals surface area contributed by atoms with Crippen molar-refractivity contribution in [2.75, 3.05) is 19.7 Å². The molecule has 2 aromatic carbocycles. The van der Waals surface area contributed by atoms with Crippen LogP contribution in [0.4, 0.5) is 22.4 Å². The van der Waals surface area contributed by atoms with Gasteiger partial charge in [0.2, 0.25) is 5.91 Å². The van der Waals surface area contributed by atoms with Crippen LogP contribution in [0.1, 0.15) is 35.1 Å². The molecule has 0 radical (unpaired) electrons. The fourth-order valence-electron chi connectivity index (χ4n) is 4.90. The number of carbonyl (C=O) groups excluding carboxylic acids is 2. The second kappa shape index (κ2) is 8.82. The fraction of sp³-hybridized carbons (Fsp3) is 0.440. The molecule has 0 bridgehead atoms. The number of alkyl halides is 3. The Balaban J connectivity index is 1.12. The Morgan fingerprint density at radius 2 is 1.83 bits per heavy atom. The maximum atomic E-state index is 14.3. The van der Waals surface area contributed by atoms with Gasteiger partial charge in [0.15, 0.2) is 0 Å². The maximum absolute atomic E-state index is 14.3. The van der Waals surface area contributed by atoms with E-state index >= 15 is 0 Å². The minimum absolute atomic E-state index is 0.0507. The lowest BCUT2D eigenvalue weighted by Crippen LogP contribution is -2.62. The summed E-state index contributed by atoms with van der Waals surface area (Å²) in [5.41, 5.74) is 0.341. The number of likely N-dealkylation sites (tertiary alicyclic amines) is 1. The topological polar surface area (TPSA) is 67.9 Å². The third-order valence-corrected chi connectivity index (χ3v) is 6.98. The second-order valence-corrected chi connectivity index (χ2v) is 9.51. The first-order valence-corrected chi connectivity index (χ1v) is 11.4. The molecule has 2 amide bonds. The zero-order valence-corrected chi connectivity index (χ0v) is 18.7. The molecule has 0 aromatic heterocycles. The van der Waals surface area contributed by atoms with Crippen LogP contribution in [0.3, 0.4) is 0 Å². The molecule has 2 aliphatic heterocycles. The van der Waals surface area contributed by atoms with Crippen LogP contribution in [0, 0.1) is 11.7 Å². The predicted octanol–water partition coefficient (Wildman–Crippen LogP) is 4.05. The minimum Gasteiger partial charge on any atom is -0.447 e. The van der Waals surface area contributed by atoms with E-state index in [2.05, 4.69) is 5.32 Å². The van der Waals surface area contributed by atoms with Crippen LogP contribution in [0.2, 0.25) is 0 Å². The van der Waals surface area contributed by atoms with Gasteiger partial charge in [-0.3, -0.25) is 4.79 Å². The van der Waals surface area contributed by atoms with Gasteiger partial charge in [-0.25, -0.2) is 9.18 Å². The van der Waals surface area contributed by atoms with E-state index in [9.17, 15) is 27.2 Å². The van der Waals surface area contributed by atoms with E-state index in [1.807, 2.05) is 12.1 Å². The highest BCUT2D eigenvalue weighted by molar-refractivity contribution is 5.82. The van der Waals surface area contributed by atoms with E-state index in [-0.39, 0.29) is 36.5 Å². The number of hydrogen-bond donors (Lipinski definition) is 1. The summed E-state index contributed by atoms with van der Waals surface area (Å²) in [5, 5.41) is 2.78. The van der Waals surface area contributed by atoms with Crippen molar-refractivity contribution >= 4 is 12.0 Å². The number of nitrogens with zero attached hydrogens (tertiary/aromatic N) is 1. The largest absolute Gasteiger partial charge is 0.447 e. The molecule has 2 saturated heterocycles. The predicted molar refractivity (Wildman–Crippen MR) is 116 cm³/mol. The number of amides is 2. The van der Waals surface area contributed by atoms with E-state index in [0.717, 1.165) is 17.2 Å². The molecule has 6 nitrogen and oxygen atoms in total. The highest BCUT2D eigenvalue weighted by Crippen LogP contribution is 2.42. The zero-order chi connectivity index (χ0) is 24.8. The van der Waals surface area contributed by atoms with Crippen molar-refractivity contribution in [3.63, 3.8) is 0 Å². The molecule has 0 unspecified atom stereocenters. The van der Waals surface area contributed by atoms with Gasteiger partial charge in [0.1, 0.15) is 12.4 Å². The van der Waals surface area contributed by atoms with Crippen LogP contribution in [-0.4, -0.2) is 48.2 Å². The molecule has 10 heteroatoms. The summed E-state index contributed by atoms with van der Waals surface area (Å²) < 4.78 is 63.6. The van der Waals surface area contributed by atoms with Crippen molar-refractivity contribution in [1.29, 1.82) is 0 Å². The van der Waals surface area contributed by atoms with Gasteiger partial charge in [-0.2, -0.15) is 13.2 Å². The summed E-state index contributed by atoms with van der Waals surface area (Å²) in [6.45, 7) is 1.50. The number of rotatable bonds is 6. The van der Waals surface area contributed by atoms with Crippen molar-refractivity contribution < 1.29 is 36.6 Å². The van der Waals surface area contributed by atoms with Gasteiger partial charge in [0, 0.05) is 25.4 Å². The number of ether oxygens (including phenoxy) is 2. The summed E-state index contributed by atoms with van der Waals surface area (Å²) in [6, 6.07) is 9.81. The van der Waals surface area contributed by atoms with Gasteiger partial charge in [0.25, 0.3) is 0 Å². The van der Waals surface area contributed by atoms with E-state index < -0.39 is 29.2 Å². The Bertz CT molecular complexity index is 1140. The molecule has 186 valence electrons. The highest BCUT2D eigenvalue weighted by Gasteiger charge is 2.54.